The van der Waals surface area contributed by atoms with Crippen molar-refractivity contribution in [1.82, 2.24) is 5.32 Å². The number of hydrogen-bond acceptors (Lipinski definition) is 3. The van der Waals surface area contributed by atoms with Gasteiger partial charge in [0.2, 0.25) is 0 Å². The third-order valence-electron chi connectivity index (χ3n) is 3.77. The normalized spacial score (nSPS) is 22.5. The summed E-state index contributed by atoms with van der Waals surface area (Å²) in [6, 6.07) is 5.41. The first-order chi connectivity index (χ1) is 9.11. The number of carbonyl (C=O) groups excluding carboxylic acids is 1. The summed E-state index contributed by atoms with van der Waals surface area (Å²) in [5.74, 6) is 0.637. The predicted octanol–water partition coefficient (Wildman–Crippen LogP) is 2.88. The van der Waals surface area contributed by atoms with E-state index in [-0.39, 0.29) is 12.5 Å². The van der Waals surface area contributed by atoms with Gasteiger partial charge in [0.1, 0.15) is 0 Å². The minimum Gasteiger partial charge on any atom is -0.396 e. The highest BCUT2D eigenvalue weighted by molar-refractivity contribution is 9.10. The molecule has 2 N–H and O–H groups in total. The fraction of sp³-hybridized carbons (Fsp3) is 0.500. The van der Waals surface area contributed by atoms with Crippen molar-refractivity contribution in [1.29, 1.82) is 0 Å². The van der Waals surface area contributed by atoms with Gasteiger partial charge in [-0.15, -0.1) is 12.6 Å². The van der Waals surface area contributed by atoms with Crippen molar-refractivity contribution in [3.05, 3.63) is 28.2 Å². The molecule has 0 saturated heterocycles. The number of benzene rings is 1. The number of halogens is 1. The number of nitrogens with one attached hydrogen (secondary N) is 1. The number of hydrogen-bond donors (Lipinski definition) is 3. The summed E-state index contributed by atoms with van der Waals surface area (Å²) in [6.45, 7) is 0.851. The maximum absolute atomic E-state index is 12.1. The molecule has 104 valence electrons. The third kappa shape index (κ3) is 3.74. The van der Waals surface area contributed by atoms with Crippen molar-refractivity contribution in [3.8, 4) is 0 Å². The minimum absolute atomic E-state index is 0.0913. The van der Waals surface area contributed by atoms with Gasteiger partial charge in [-0.1, -0.05) is 6.42 Å². The topological polar surface area (TPSA) is 49.3 Å². The maximum atomic E-state index is 12.1. The monoisotopic (exact) mass is 343 g/mol. The van der Waals surface area contributed by atoms with Crippen LogP contribution in [0.25, 0.3) is 0 Å². The summed E-state index contributed by atoms with van der Waals surface area (Å²) in [6.07, 6.45) is 3.29. The molecule has 3 nitrogen and oxygen atoms in total. The molecule has 1 aliphatic rings. The van der Waals surface area contributed by atoms with Gasteiger partial charge in [-0.2, -0.15) is 0 Å². The summed E-state index contributed by atoms with van der Waals surface area (Å²) >= 11 is 7.62. The van der Waals surface area contributed by atoms with Crippen LogP contribution in [-0.4, -0.2) is 24.2 Å². The number of carbonyl (C=O) groups is 1. The fourth-order valence-electron chi connectivity index (χ4n) is 2.63. The summed E-state index contributed by atoms with van der Waals surface area (Å²) in [5.41, 5.74) is 0.603. The van der Waals surface area contributed by atoms with E-state index in [1.807, 2.05) is 12.1 Å². The molecule has 1 amide bonds. The predicted molar refractivity (Wildman–Crippen MR) is 81.6 cm³/mol. The van der Waals surface area contributed by atoms with Crippen LogP contribution in [0.5, 0.6) is 0 Å². The highest BCUT2D eigenvalue weighted by Gasteiger charge is 2.26. The highest BCUT2D eigenvalue weighted by atomic mass is 79.9. The zero-order valence-corrected chi connectivity index (χ0v) is 13.1. The molecule has 0 aliphatic heterocycles. The molecule has 5 heteroatoms. The van der Waals surface area contributed by atoms with E-state index < -0.39 is 0 Å². The van der Waals surface area contributed by atoms with Crippen LogP contribution in [-0.2, 0) is 0 Å². The average molecular weight is 344 g/mol. The van der Waals surface area contributed by atoms with Gasteiger partial charge >= 0.3 is 0 Å². The van der Waals surface area contributed by atoms with Gasteiger partial charge < -0.3 is 10.4 Å². The Labute approximate surface area is 127 Å². The lowest BCUT2D eigenvalue weighted by Crippen LogP contribution is -2.31. The summed E-state index contributed by atoms with van der Waals surface area (Å²) < 4.78 is 0.771. The van der Waals surface area contributed by atoms with Crippen LogP contribution in [0.3, 0.4) is 0 Å². The molecule has 2 atom stereocenters. The van der Waals surface area contributed by atoms with Gasteiger partial charge in [-0.25, -0.2) is 0 Å². The smallest absolute Gasteiger partial charge is 0.252 e. The van der Waals surface area contributed by atoms with E-state index in [2.05, 4.69) is 33.9 Å². The molecule has 1 fully saturated rings. The second kappa shape index (κ2) is 6.77. The Morgan fingerprint density at radius 2 is 2.16 bits per heavy atom. The summed E-state index contributed by atoms with van der Waals surface area (Å²) in [5, 5.41) is 12.2. The minimum atomic E-state index is -0.0913. The molecule has 1 aromatic carbocycles. The lowest BCUT2D eigenvalue weighted by molar-refractivity contribution is 0.0937. The maximum Gasteiger partial charge on any atom is 0.252 e. The molecule has 1 aliphatic carbocycles. The van der Waals surface area contributed by atoms with Crippen molar-refractivity contribution in [3.63, 3.8) is 0 Å². The Hall–Kier alpha value is -0.520. The fourth-order valence-corrected chi connectivity index (χ4v) is 3.26. The van der Waals surface area contributed by atoms with E-state index in [9.17, 15) is 9.90 Å². The lowest BCUT2D eigenvalue weighted by Gasteiger charge is -2.18. The quantitative estimate of drug-likeness (QED) is 0.736. The Morgan fingerprint density at radius 3 is 2.89 bits per heavy atom. The molecule has 0 radical (unpaired) electrons. The molecule has 0 spiro atoms. The molecule has 19 heavy (non-hydrogen) atoms. The van der Waals surface area contributed by atoms with Crippen LogP contribution in [0.2, 0.25) is 0 Å². The molecule has 2 unspecified atom stereocenters. The molecule has 0 heterocycles. The largest absolute Gasteiger partial charge is 0.396 e. The van der Waals surface area contributed by atoms with E-state index in [0.717, 1.165) is 28.6 Å². The van der Waals surface area contributed by atoms with Crippen LogP contribution in [0.15, 0.2) is 27.6 Å². The Balaban J connectivity index is 1.96. The van der Waals surface area contributed by atoms with Crippen LogP contribution < -0.4 is 5.32 Å². The SMILES string of the molecule is O=C(NCC1CCCC1CO)c1cc(S)ccc1Br. The van der Waals surface area contributed by atoms with E-state index in [4.69, 9.17) is 0 Å². The second-order valence-electron chi connectivity index (χ2n) is 5.01. The molecule has 2 rings (SSSR count). The zero-order chi connectivity index (χ0) is 13.8. The first-order valence-electron chi connectivity index (χ1n) is 6.49. The first-order valence-corrected chi connectivity index (χ1v) is 7.73. The van der Waals surface area contributed by atoms with Crippen molar-refractivity contribution < 1.29 is 9.90 Å². The van der Waals surface area contributed by atoms with E-state index in [0.29, 0.717) is 23.9 Å². The van der Waals surface area contributed by atoms with Crippen molar-refractivity contribution >= 4 is 34.5 Å². The standard InChI is InChI=1S/C14H18BrNO2S/c15-13-5-4-11(19)6-12(13)14(18)16-7-9-2-1-3-10(9)8-17/h4-6,9-10,17,19H,1-3,7-8H2,(H,16,18). The number of aliphatic hydroxyl groups excluding tert-OH is 1. The molecule has 0 aromatic heterocycles. The Bertz CT molecular complexity index is 467. The average Bonchev–Trinajstić information content (AvgIpc) is 2.86. The van der Waals surface area contributed by atoms with Crippen molar-refractivity contribution in [2.45, 2.75) is 24.2 Å². The molecule has 1 aromatic rings. The molecular weight excluding hydrogens is 326 g/mol. The third-order valence-corrected chi connectivity index (χ3v) is 4.74. The first kappa shape index (κ1) is 14.9. The molecule has 1 saturated carbocycles. The van der Waals surface area contributed by atoms with Gasteiger partial charge in [0.05, 0.1) is 5.56 Å². The van der Waals surface area contributed by atoms with Gasteiger partial charge in [0, 0.05) is 22.5 Å². The van der Waals surface area contributed by atoms with Gasteiger partial charge in [0.25, 0.3) is 5.91 Å². The van der Waals surface area contributed by atoms with Crippen LogP contribution in [0.1, 0.15) is 29.6 Å². The second-order valence-corrected chi connectivity index (χ2v) is 6.38. The zero-order valence-electron chi connectivity index (χ0n) is 10.6. The van der Waals surface area contributed by atoms with Gasteiger partial charge in [-0.05, 0) is 58.8 Å². The van der Waals surface area contributed by atoms with Crippen molar-refractivity contribution in [2.24, 2.45) is 11.8 Å². The Kier molecular flexibility index (Phi) is 5.30. The van der Waals surface area contributed by atoms with E-state index >= 15 is 0 Å². The van der Waals surface area contributed by atoms with Crippen molar-refractivity contribution in [2.75, 3.05) is 13.2 Å². The summed E-state index contributed by atoms with van der Waals surface area (Å²) in [4.78, 5) is 12.9. The van der Waals surface area contributed by atoms with Crippen LogP contribution in [0, 0.1) is 11.8 Å². The van der Waals surface area contributed by atoms with Crippen LogP contribution >= 0.6 is 28.6 Å². The number of rotatable bonds is 4. The number of aliphatic hydroxyl groups is 1. The molecular formula is C14H18BrNO2S. The van der Waals surface area contributed by atoms with E-state index in [1.54, 1.807) is 6.07 Å². The number of thiol groups is 1. The highest BCUT2D eigenvalue weighted by Crippen LogP contribution is 2.30. The Morgan fingerprint density at radius 1 is 1.42 bits per heavy atom. The lowest BCUT2D eigenvalue weighted by atomic mass is 9.97. The summed E-state index contributed by atoms with van der Waals surface area (Å²) in [7, 11) is 0. The van der Waals surface area contributed by atoms with Gasteiger partial charge in [0.15, 0.2) is 0 Å². The molecule has 0 bridgehead atoms. The van der Waals surface area contributed by atoms with E-state index in [1.165, 1.54) is 0 Å². The van der Waals surface area contributed by atoms with Gasteiger partial charge in [-0.3, -0.25) is 4.79 Å². The number of amides is 1. The van der Waals surface area contributed by atoms with Crippen LogP contribution in [0.4, 0.5) is 0 Å².